The topological polar surface area (TPSA) is 49.3 Å². The molecule has 1 aromatic carbocycles. The summed E-state index contributed by atoms with van der Waals surface area (Å²) in [5.41, 5.74) is 0.801. The fraction of sp³-hybridized carbons (Fsp3) is 0.571. The largest absolute Gasteiger partial charge is 0.508 e. The third-order valence-electron chi connectivity index (χ3n) is 4.82. The Morgan fingerprint density at radius 3 is 2.71 bits per heavy atom. The summed E-state index contributed by atoms with van der Waals surface area (Å²) < 4.78 is 0. The predicted molar refractivity (Wildman–Crippen MR) is 98.0 cm³/mol. The summed E-state index contributed by atoms with van der Waals surface area (Å²) in [7, 11) is 0. The van der Waals surface area contributed by atoms with Crippen LogP contribution in [0.3, 0.4) is 0 Å². The lowest BCUT2D eigenvalue weighted by atomic mass is 9.74. The second kappa shape index (κ2) is 10.2. The molecule has 1 saturated carbocycles. The number of hydrogen-bond donors (Lipinski definition) is 2. The maximum absolute atomic E-state index is 12.9. The lowest BCUT2D eigenvalue weighted by molar-refractivity contribution is -0.121. The fourth-order valence-corrected chi connectivity index (χ4v) is 3.59. The summed E-state index contributed by atoms with van der Waals surface area (Å²) in [6.07, 6.45) is 6.85. The zero-order chi connectivity index (χ0) is 17.2. The van der Waals surface area contributed by atoms with Crippen molar-refractivity contribution in [1.82, 2.24) is 5.32 Å². The van der Waals surface area contributed by atoms with Gasteiger partial charge in [-0.3, -0.25) is 4.79 Å². The molecule has 130 valence electrons. The van der Waals surface area contributed by atoms with Crippen LogP contribution in [0.25, 0.3) is 0 Å². The summed E-state index contributed by atoms with van der Waals surface area (Å²) in [5, 5.41) is 13.4. The Morgan fingerprint density at radius 1 is 1.25 bits per heavy atom. The van der Waals surface area contributed by atoms with Crippen molar-refractivity contribution >= 4 is 5.78 Å². The van der Waals surface area contributed by atoms with Crippen LogP contribution in [0.15, 0.2) is 24.3 Å². The maximum atomic E-state index is 12.9. The molecule has 2 N–H and O–H groups in total. The highest BCUT2D eigenvalue weighted by Crippen LogP contribution is 2.40. The number of carbonyl (C=O) groups excluding carboxylic acids is 1. The molecule has 0 bridgehead atoms. The molecule has 0 saturated heterocycles. The van der Waals surface area contributed by atoms with E-state index in [9.17, 15) is 9.90 Å². The number of hydrogen-bond acceptors (Lipinski definition) is 3. The van der Waals surface area contributed by atoms with Gasteiger partial charge in [0, 0.05) is 24.3 Å². The number of rotatable bonds is 7. The zero-order valence-corrected chi connectivity index (χ0v) is 14.7. The smallest absolute Gasteiger partial charge is 0.141 e. The number of nitrogens with one attached hydrogen (secondary N) is 1. The molecule has 0 radical (unpaired) electrons. The van der Waals surface area contributed by atoms with Crippen molar-refractivity contribution < 1.29 is 9.90 Å². The molecule has 1 unspecified atom stereocenters. The monoisotopic (exact) mass is 327 g/mol. The van der Waals surface area contributed by atoms with Gasteiger partial charge in [0.15, 0.2) is 0 Å². The van der Waals surface area contributed by atoms with Gasteiger partial charge in [-0.1, -0.05) is 50.3 Å². The van der Waals surface area contributed by atoms with Crippen LogP contribution in [0.1, 0.15) is 63.4 Å². The van der Waals surface area contributed by atoms with Gasteiger partial charge >= 0.3 is 0 Å². The van der Waals surface area contributed by atoms with Crippen molar-refractivity contribution in [2.75, 3.05) is 13.1 Å². The van der Waals surface area contributed by atoms with Crippen LogP contribution in [0.2, 0.25) is 0 Å². The predicted octanol–water partition coefficient (Wildman–Crippen LogP) is 4.02. The molecule has 24 heavy (non-hydrogen) atoms. The van der Waals surface area contributed by atoms with E-state index in [0.29, 0.717) is 25.3 Å². The third-order valence-corrected chi connectivity index (χ3v) is 4.82. The Bertz CT molecular complexity index is 579. The van der Waals surface area contributed by atoms with Gasteiger partial charge in [0.25, 0.3) is 0 Å². The van der Waals surface area contributed by atoms with Crippen LogP contribution < -0.4 is 5.32 Å². The first kappa shape index (κ1) is 18.5. The van der Waals surface area contributed by atoms with Crippen molar-refractivity contribution in [3.05, 3.63) is 29.8 Å². The van der Waals surface area contributed by atoms with Crippen LogP contribution in [-0.4, -0.2) is 24.0 Å². The number of carbonyl (C=O) groups is 1. The molecule has 0 aromatic heterocycles. The second-order valence-corrected chi connectivity index (χ2v) is 6.53. The average molecular weight is 327 g/mol. The molecular weight excluding hydrogens is 298 g/mol. The molecule has 3 nitrogen and oxygen atoms in total. The highest BCUT2D eigenvalue weighted by molar-refractivity contribution is 5.87. The lowest BCUT2D eigenvalue weighted by Gasteiger charge is -2.30. The maximum Gasteiger partial charge on any atom is 0.141 e. The highest BCUT2D eigenvalue weighted by atomic mass is 16.3. The van der Waals surface area contributed by atoms with Crippen molar-refractivity contribution in [3.8, 4) is 17.6 Å². The van der Waals surface area contributed by atoms with Crippen LogP contribution >= 0.6 is 0 Å². The summed E-state index contributed by atoms with van der Waals surface area (Å²) >= 11 is 0. The first-order chi connectivity index (χ1) is 11.7. The van der Waals surface area contributed by atoms with Crippen LogP contribution in [-0.2, 0) is 4.79 Å². The number of phenols is 1. The van der Waals surface area contributed by atoms with E-state index in [1.165, 1.54) is 19.3 Å². The van der Waals surface area contributed by atoms with Crippen molar-refractivity contribution in [3.63, 3.8) is 0 Å². The molecule has 1 fully saturated rings. The molecule has 3 heteroatoms. The average Bonchev–Trinajstić information content (AvgIpc) is 2.61. The number of aromatic hydroxyl groups is 1. The Morgan fingerprint density at radius 2 is 2.00 bits per heavy atom. The van der Waals surface area contributed by atoms with Gasteiger partial charge in [-0.15, -0.1) is 5.92 Å². The molecule has 0 amide bonds. The van der Waals surface area contributed by atoms with E-state index in [1.54, 1.807) is 6.07 Å². The summed E-state index contributed by atoms with van der Waals surface area (Å²) in [6, 6.07) is 7.32. The minimum Gasteiger partial charge on any atom is -0.508 e. The van der Waals surface area contributed by atoms with Crippen molar-refractivity contribution in [2.45, 2.75) is 57.8 Å². The van der Waals surface area contributed by atoms with E-state index in [2.05, 4.69) is 17.2 Å². The molecule has 2 rings (SSSR count). The first-order valence-corrected chi connectivity index (χ1v) is 9.21. The van der Waals surface area contributed by atoms with E-state index in [-0.39, 0.29) is 17.5 Å². The third kappa shape index (κ3) is 5.39. The molecule has 1 aromatic rings. The van der Waals surface area contributed by atoms with E-state index in [0.717, 1.165) is 24.9 Å². The molecular formula is C21H29NO2. The van der Waals surface area contributed by atoms with Crippen LogP contribution in [0.4, 0.5) is 0 Å². The minimum atomic E-state index is -0.179. The molecule has 1 aliphatic rings. The molecule has 1 atom stereocenters. The number of phenolic OH excluding ortho intramolecular Hbond substituents is 1. The number of para-hydroxylation sites is 1. The quantitative estimate of drug-likeness (QED) is 0.587. The van der Waals surface area contributed by atoms with Crippen LogP contribution in [0, 0.1) is 17.8 Å². The fourth-order valence-electron chi connectivity index (χ4n) is 3.59. The Balaban J connectivity index is 2.05. The van der Waals surface area contributed by atoms with E-state index in [1.807, 2.05) is 25.1 Å². The van der Waals surface area contributed by atoms with Crippen molar-refractivity contribution in [1.29, 1.82) is 0 Å². The number of benzene rings is 1. The molecule has 1 aliphatic carbocycles. The van der Waals surface area contributed by atoms with Gasteiger partial charge in [-0.25, -0.2) is 0 Å². The summed E-state index contributed by atoms with van der Waals surface area (Å²) in [6.45, 7) is 3.63. The molecule has 0 spiro atoms. The second-order valence-electron chi connectivity index (χ2n) is 6.53. The van der Waals surface area contributed by atoms with Gasteiger partial charge in [0.2, 0.25) is 0 Å². The van der Waals surface area contributed by atoms with Gasteiger partial charge in [0.1, 0.15) is 11.5 Å². The minimum absolute atomic E-state index is 0.179. The van der Waals surface area contributed by atoms with Crippen LogP contribution in [0.5, 0.6) is 5.75 Å². The van der Waals surface area contributed by atoms with E-state index < -0.39 is 0 Å². The first-order valence-electron chi connectivity index (χ1n) is 9.21. The number of ketones is 1. The van der Waals surface area contributed by atoms with Gasteiger partial charge in [-0.2, -0.15) is 0 Å². The molecule has 0 aliphatic heterocycles. The van der Waals surface area contributed by atoms with E-state index >= 15 is 0 Å². The summed E-state index contributed by atoms with van der Waals surface area (Å²) in [4.78, 5) is 12.9. The zero-order valence-electron chi connectivity index (χ0n) is 14.7. The lowest BCUT2D eigenvalue weighted by Crippen LogP contribution is -2.24. The Kier molecular flexibility index (Phi) is 7.85. The van der Waals surface area contributed by atoms with Crippen molar-refractivity contribution in [2.24, 2.45) is 5.92 Å². The van der Waals surface area contributed by atoms with Gasteiger partial charge in [0.05, 0.1) is 6.54 Å². The Labute approximate surface area is 145 Å². The standard InChI is InChI=1S/C21H29NO2/c1-2-22-16-10-4-7-15-20(24)21(17-11-5-3-6-12-17)18-13-8-9-14-19(18)23/h8-9,13-14,17,21-23H,2-3,5-7,11-12,15-16H2,1H3. The number of Topliss-reactive ketones (excluding diaryl/α,β-unsaturated/α-hetero) is 1. The van der Waals surface area contributed by atoms with Gasteiger partial charge < -0.3 is 10.4 Å². The van der Waals surface area contributed by atoms with Gasteiger partial charge in [-0.05, 0) is 31.4 Å². The summed E-state index contributed by atoms with van der Waals surface area (Å²) in [5.74, 6) is 6.78. The normalized spacial score (nSPS) is 16.2. The highest BCUT2D eigenvalue weighted by Gasteiger charge is 2.31. The molecule has 0 heterocycles. The SMILES string of the molecule is CCNCC#CCCC(=O)C(c1ccccc1O)C1CCCCC1. The van der Waals surface area contributed by atoms with E-state index in [4.69, 9.17) is 0 Å². The Hall–Kier alpha value is -1.79.